The van der Waals surface area contributed by atoms with E-state index in [1.807, 2.05) is 0 Å². The standard InChI is InChI=1S/C14H16ClNO4/c1-2-20-13(18)7-6-12(17)9-16-14(19)10-4-3-5-11(15)8-10/h3-5,8H,2,6-7,9H2,1H3,(H,16,19). The van der Waals surface area contributed by atoms with Gasteiger partial charge in [0.05, 0.1) is 19.6 Å². The number of halogens is 1. The molecular weight excluding hydrogens is 282 g/mol. The Morgan fingerprint density at radius 3 is 2.65 bits per heavy atom. The predicted octanol–water partition coefficient (Wildman–Crippen LogP) is 1.98. The number of amides is 1. The summed E-state index contributed by atoms with van der Waals surface area (Å²) in [5, 5.41) is 2.93. The van der Waals surface area contributed by atoms with E-state index in [4.69, 9.17) is 16.3 Å². The molecule has 0 bridgehead atoms. The van der Waals surface area contributed by atoms with Gasteiger partial charge in [-0.2, -0.15) is 0 Å². The molecule has 0 fully saturated rings. The Labute approximate surface area is 122 Å². The summed E-state index contributed by atoms with van der Waals surface area (Å²) in [6.07, 6.45) is 0.0777. The summed E-state index contributed by atoms with van der Waals surface area (Å²) >= 11 is 5.77. The number of hydrogen-bond acceptors (Lipinski definition) is 4. The molecule has 0 atom stereocenters. The van der Waals surface area contributed by atoms with Crippen LogP contribution in [0.4, 0.5) is 0 Å². The minimum atomic E-state index is -0.415. The van der Waals surface area contributed by atoms with E-state index in [-0.39, 0.29) is 31.1 Å². The fourth-order valence-electron chi connectivity index (χ4n) is 1.47. The van der Waals surface area contributed by atoms with Crippen LogP contribution < -0.4 is 5.32 Å². The molecule has 0 aromatic heterocycles. The van der Waals surface area contributed by atoms with Gasteiger partial charge in [-0.3, -0.25) is 14.4 Å². The third-order valence-electron chi connectivity index (χ3n) is 2.45. The molecular formula is C14H16ClNO4. The largest absolute Gasteiger partial charge is 0.466 e. The summed E-state index contributed by atoms with van der Waals surface area (Å²) in [4.78, 5) is 34.3. The number of nitrogens with one attached hydrogen (secondary N) is 1. The van der Waals surface area contributed by atoms with Crippen molar-refractivity contribution in [3.63, 3.8) is 0 Å². The zero-order valence-corrected chi connectivity index (χ0v) is 11.9. The maximum Gasteiger partial charge on any atom is 0.306 e. The quantitative estimate of drug-likeness (QED) is 0.781. The molecule has 1 rings (SSSR count). The fraction of sp³-hybridized carbons (Fsp3) is 0.357. The van der Waals surface area contributed by atoms with Crippen LogP contribution in [0.3, 0.4) is 0 Å². The molecule has 1 aromatic carbocycles. The average Bonchev–Trinajstić information content (AvgIpc) is 2.43. The Kier molecular flexibility index (Phi) is 6.73. The molecule has 6 heteroatoms. The average molecular weight is 298 g/mol. The summed E-state index contributed by atoms with van der Waals surface area (Å²) in [7, 11) is 0. The van der Waals surface area contributed by atoms with Crippen molar-refractivity contribution < 1.29 is 19.1 Å². The molecule has 0 spiro atoms. The molecule has 0 aliphatic carbocycles. The molecule has 5 nitrogen and oxygen atoms in total. The highest BCUT2D eigenvalue weighted by Gasteiger charge is 2.10. The van der Waals surface area contributed by atoms with Crippen molar-refractivity contribution in [3.05, 3.63) is 34.9 Å². The molecule has 0 saturated carbocycles. The first-order chi connectivity index (χ1) is 9.52. The number of rotatable bonds is 7. The Bertz CT molecular complexity index is 502. The molecule has 1 N–H and O–H groups in total. The first-order valence-electron chi connectivity index (χ1n) is 6.24. The van der Waals surface area contributed by atoms with Crippen LogP contribution >= 0.6 is 11.6 Å². The zero-order chi connectivity index (χ0) is 15.0. The molecule has 0 unspecified atom stereocenters. The summed E-state index contributed by atoms with van der Waals surface area (Å²) in [6, 6.07) is 6.42. The molecule has 1 aromatic rings. The molecule has 108 valence electrons. The van der Waals surface area contributed by atoms with Gasteiger partial charge < -0.3 is 10.1 Å². The highest BCUT2D eigenvalue weighted by atomic mass is 35.5. The molecule has 0 radical (unpaired) electrons. The van der Waals surface area contributed by atoms with Crippen LogP contribution in [0.25, 0.3) is 0 Å². The van der Waals surface area contributed by atoms with E-state index >= 15 is 0 Å². The Hall–Kier alpha value is -1.88. The van der Waals surface area contributed by atoms with Crippen molar-refractivity contribution in [1.29, 1.82) is 0 Å². The lowest BCUT2D eigenvalue weighted by Gasteiger charge is -2.05. The predicted molar refractivity (Wildman–Crippen MR) is 74.7 cm³/mol. The highest BCUT2D eigenvalue weighted by Crippen LogP contribution is 2.10. The Morgan fingerprint density at radius 1 is 1.25 bits per heavy atom. The molecule has 0 saturated heterocycles. The van der Waals surface area contributed by atoms with E-state index in [1.54, 1.807) is 25.1 Å². The smallest absolute Gasteiger partial charge is 0.306 e. The molecule has 0 aliphatic rings. The van der Waals surface area contributed by atoms with E-state index in [0.717, 1.165) is 0 Å². The maximum absolute atomic E-state index is 11.7. The van der Waals surface area contributed by atoms with E-state index in [0.29, 0.717) is 17.2 Å². The van der Waals surface area contributed by atoms with E-state index in [9.17, 15) is 14.4 Å². The topological polar surface area (TPSA) is 72.5 Å². The summed E-state index contributed by atoms with van der Waals surface area (Å²) in [5.74, 6) is -1.02. The van der Waals surface area contributed by atoms with E-state index < -0.39 is 5.97 Å². The summed E-state index contributed by atoms with van der Waals surface area (Å²) < 4.78 is 4.71. The number of carbonyl (C=O) groups is 3. The molecule has 1 amide bonds. The number of ether oxygens (including phenoxy) is 1. The van der Waals surface area contributed by atoms with Crippen molar-refractivity contribution in [1.82, 2.24) is 5.32 Å². The Balaban J connectivity index is 2.34. The van der Waals surface area contributed by atoms with Gasteiger partial charge in [-0.05, 0) is 25.1 Å². The summed E-state index contributed by atoms with van der Waals surface area (Å²) in [6.45, 7) is 1.87. The first-order valence-corrected chi connectivity index (χ1v) is 6.61. The van der Waals surface area contributed by atoms with Crippen molar-refractivity contribution in [2.75, 3.05) is 13.2 Å². The summed E-state index contributed by atoms with van der Waals surface area (Å²) in [5.41, 5.74) is 0.385. The van der Waals surface area contributed by atoms with E-state index in [1.165, 1.54) is 6.07 Å². The molecule has 20 heavy (non-hydrogen) atoms. The fourth-order valence-corrected chi connectivity index (χ4v) is 1.66. The molecule has 0 aliphatic heterocycles. The van der Waals surface area contributed by atoms with Crippen LogP contribution in [-0.2, 0) is 14.3 Å². The van der Waals surface area contributed by atoms with E-state index in [2.05, 4.69) is 5.32 Å². The Morgan fingerprint density at radius 2 is 2.00 bits per heavy atom. The lowest BCUT2D eigenvalue weighted by Crippen LogP contribution is -2.29. The third-order valence-corrected chi connectivity index (χ3v) is 2.68. The van der Waals surface area contributed by atoms with Gasteiger partial charge in [0.25, 0.3) is 5.91 Å². The van der Waals surface area contributed by atoms with Crippen molar-refractivity contribution in [3.8, 4) is 0 Å². The van der Waals surface area contributed by atoms with Gasteiger partial charge in [-0.1, -0.05) is 17.7 Å². The van der Waals surface area contributed by atoms with Crippen LogP contribution in [0.5, 0.6) is 0 Å². The number of carbonyl (C=O) groups excluding carboxylic acids is 3. The number of hydrogen-bond donors (Lipinski definition) is 1. The molecule has 0 heterocycles. The highest BCUT2D eigenvalue weighted by molar-refractivity contribution is 6.30. The van der Waals surface area contributed by atoms with Gasteiger partial charge in [0, 0.05) is 17.0 Å². The monoisotopic (exact) mass is 297 g/mol. The normalized spacial score (nSPS) is 9.90. The minimum absolute atomic E-state index is 0.0275. The first kappa shape index (κ1) is 16.2. The number of ketones is 1. The maximum atomic E-state index is 11.7. The lowest BCUT2D eigenvalue weighted by molar-refractivity contribution is -0.144. The van der Waals surface area contributed by atoms with Crippen LogP contribution in [0.2, 0.25) is 5.02 Å². The SMILES string of the molecule is CCOC(=O)CCC(=O)CNC(=O)c1cccc(Cl)c1. The second-order valence-electron chi connectivity index (χ2n) is 4.04. The lowest BCUT2D eigenvalue weighted by atomic mass is 10.2. The number of esters is 1. The van der Waals surface area contributed by atoms with Crippen molar-refractivity contribution >= 4 is 29.3 Å². The van der Waals surface area contributed by atoms with Crippen LogP contribution in [-0.4, -0.2) is 30.8 Å². The second kappa shape index (κ2) is 8.32. The van der Waals surface area contributed by atoms with Gasteiger partial charge in [-0.25, -0.2) is 0 Å². The van der Waals surface area contributed by atoms with Gasteiger partial charge in [-0.15, -0.1) is 0 Å². The van der Waals surface area contributed by atoms with Crippen molar-refractivity contribution in [2.45, 2.75) is 19.8 Å². The van der Waals surface area contributed by atoms with Crippen LogP contribution in [0.15, 0.2) is 24.3 Å². The van der Waals surface area contributed by atoms with Crippen molar-refractivity contribution in [2.24, 2.45) is 0 Å². The van der Waals surface area contributed by atoms with Gasteiger partial charge in [0.1, 0.15) is 0 Å². The van der Waals surface area contributed by atoms with Gasteiger partial charge in [0.2, 0.25) is 0 Å². The number of benzene rings is 1. The zero-order valence-electron chi connectivity index (χ0n) is 11.1. The second-order valence-corrected chi connectivity index (χ2v) is 4.47. The third kappa shape index (κ3) is 5.84. The van der Waals surface area contributed by atoms with Crippen LogP contribution in [0.1, 0.15) is 30.1 Å². The van der Waals surface area contributed by atoms with Gasteiger partial charge >= 0.3 is 5.97 Å². The minimum Gasteiger partial charge on any atom is -0.466 e. The number of Topliss-reactive ketones (excluding diaryl/α,β-unsaturated/α-hetero) is 1. The van der Waals surface area contributed by atoms with Gasteiger partial charge in [0.15, 0.2) is 5.78 Å². The van der Waals surface area contributed by atoms with Crippen LogP contribution in [0, 0.1) is 0 Å².